The molecule has 0 radical (unpaired) electrons. The van der Waals surface area contributed by atoms with Crippen molar-refractivity contribution in [3.63, 3.8) is 0 Å². The lowest BCUT2D eigenvalue weighted by molar-refractivity contribution is 0.178. The Morgan fingerprint density at radius 2 is 2.10 bits per heavy atom. The van der Waals surface area contributed by atoms with E-state index in [1.807, 2.05) is 0 Å². The molecule has 5 heteroatoms. The molecule has 0 atom stereocenters. The molecule has 0 bridgehead atoms. The Hall–Kier alpha value is -0.940. The molecule has 1 aromatic heterocycles. The van der Waals surface area contributed by atoms with Gasteiger partial charge in [0.1, 0.15) is 0 Å². The molecular formula is C15H28N4O. The minimum absolute atomic E-state index is 0.330. The van der Waals surface area contributed by atoms with Gasteiger partial charge in [-0.3, -0.25) is 4.90 Å². The molecule has 0 aliphatic carbocycles. The van der Waals surface area contributed by atoms with Crippen LogP contribution in [0.5, 0.6) is 0 Å². The first-order valence-corrected chi connectivity index (χ1v) is 7.94. The highest BCUT2D eigenvalue weighted by atomic mass is 16.5. The van der Waals surface area contributed by atoms with Crippen molar-refractivity contribution < 1.29 is 4.52 Å². The van der Waals surface area contributed by atoms with Gasteiger partial charge < -0.3 is 9.84 Å². The Morgan fingerprint density at radius 3 is 2.70 bits per heavy atom. The molecule has 2 heterocycles. The van der Waals surface area contributed by atoms with Crippen LogP contribution in [0.15, 0.2) is 4.52 Å². The normalized spacial score (nSPS) is 17.2. The number of piperidine rings is 1. The van der Waals surface area contributed by atoms with E-state index >= 15 is 0 Å². The van der Waals surface area contributed by atoms with Crippen molar-refractivity contribution in [3.8, 4) is 0 Å². The molecule has 1 aliphatic heterocycles. The number of hydrogen-bond donors (Lipinski definition) is 1. The first kappa shape index (κ1) is 15.4. The zero-order chi connectivity index (χ0) is 14.4. The van der Waals surface area contributed by atoms with Gasteiger partial charge in [-0.05, 0) is 44.8 Å². The maximum atomic E-state index is 5.38. The fraction of sp³-hybridized carbons (Fsp3) is 0.867. The van der Waals surface area contributed by atoms with E-state index in [1.54, 1.807) is 0 Å². The summed E-state index contributed by atoms with van der Waals surface area (Å²) in [5.74, 6) is 2.71. The summed E-state index contributed by atoms with van der Waals surface area (Å²) in [4.78, 5) is 6.96. The summed E-state index contributed by atoms with van der Waals surface area (Å²) in [7, 11) is 0. The number of aromatic nitrogens is 2. The van der Waals surface area contributed by atoms with Crippen molar-refractivity contribution in [2.75, 3.05) is 26.2 Å². The molecule has 0 spiro atoms. The lowest BCUT2D eigenvalue weighted by Gasteiger charge is -2.29. The Kier molecular flexibility index (Phi) is 5.98. The van der Waals surface area contributed by atoms with Crippen molar-refractivity contribution in [1.82, 2.24) is 20.4 Å². The molecule has 1 saturated heterocycles. The largest absolute Gasteiger partial charge is 0.338 e. The van der Waals surface area contributed by atoms with Gasteiger partial charge in [0.2, 0.25) is 5.89 Å². The molecule has 20 heavy (non-hydrogen) atoms. The van der Waals surface area contributed by atoms with Gasteiger partial charge in [-0.25, -0.2) is 0 Å². The van der Waals surface area contributed by atoms with E-state index in [0.29, 0.717) is 5.92 Å². The van der Waals surface area contributed by atoms with Crippen molar-refractivity contribution >= 4 is 0 Å². The van der Waals surface area contributed by atoms with Crippen LogP contribution in [0.1, 0.15) is 57.7 Å². The predicted molar refractivity (Wildman–Crippen MR) is 79.5 cm³/mol. The second kappa shape index (κ2) is 7.74. The lowest BCUT2D eigenvalue weighted by Crippen LogP contribution is -2.36. The highest BCUT2D eigenvalue weighted by molar-refractivity contribution is 4.91. The molecule has 114 valence electrons. The Balaban J connectivity index is 1.89. The topological polar surface area (TPSA) is 54.2 Å². The standard InChI is InChI=1S/C15H28N4O/c1-4-9-19(10-13-5-7-16-8-6-13)11-14-17-15(12(2)3)18-20-14/h12-13,16H,4-11H2,1-3H3. The summed E-state index contributed by atoms with van der Waals surface area (Å²) in [6, 6.07) is 0. The van der Waals surface area contributed by atoms with Crippen LogP contribution in [0, 0.1) is 5.92 Å². The van der Waals surface area contributed by atoms with Gasteiger partial charge in [-0.2, -0.15) is 4.98 Å². The van der Waals surface area contributed by atoms with E-state index in [-0.39, 0.29) is 0 Å². The average molecular weight is 280 g/mol. The van der Waals surface area contributed by atoms with Crippen LogP contribution in [-0.2, 0) is 6.54 Å². The van der Waals surface area contributed by atoms with Gasteiger partial charge in [-0.1, -0.05) is 25.9 Å². The third kappa shape index (κ3) is 4.56. The zero-order valence-corrected chi connectivity index (χ0v) is 13.1. The van der Waals surface area contributed by atoms with Crippen LogP contribution in [0.2, 0.25) is 0 Å². The molecule has 0 amide bonds. The van der Waals surface area contributed by atoms with E-state index in [4.69, 9.17) is 4.52 Å². The van der Waals surface area contributed by atoms with Crippen LogP contribution >= 0.6 is 0 Å². The van der Waals surface area contributed by atoms with Crippen LogP contribution in [0.4, 0.5) is 0 Å². The third-order valence-corrected chi connectivity index (χ3v) is 3.87. The minimum Gasteiger partial charge on any atom is -0.338 e. The molecule has 2 rings (SSSR count). The number of nitrogens with zero attached hydrogens (tertiary/aromatic N) is 3. The fourth-order valence-corrected chi connectivity index (χ4v) is 2.74. The van der Waals surface area contributed by atoms with Gasteiger partial charge in [0.05, 0.1) is 6.54 Å². The van der Waals surface area contributed by atoms with Crippen molar-refractivity contribution in [2.45, 2.75) is 52.5 Å². The number of rotatable bonds is 7. The molecule has 1 N–H and O–H groups in total. The summed E-state index contributed by atoms with van der Waals surface area (Å²) in [6.07, 6.45) is 3.72. The van der Waals surface area contributed by atoms with E-state index in [9.17, 15) is 0 Å². The number of hydrogen-bond acceptors (Lipinski definition) is 5. The molecule has 0 saturated carbocycles. The third-order valence-electron chi connectivity index (χ3n) is 3.87. The zero-order valence-electron chi connectivity index (χ0n) is 13.1. The predicted octanol–water partition coefficient (Wildman–Crippen LogP) is 2.40. The smallest absolute Gasteiger partial charge is 0.240 e. The maximum absolute atomic E-state index is 5.38. The second-order valence-electron chi connectivity index (χ2n) is 6.13. The van der Waals surface area contributed by atoms with Crippen molar-refractivity contribution in [2.24, 2.45) is 5.92 Å². The van der Waals surface area contributed by atoms with Crippen LogP contribution in [0.25, 0.3) is 0 Å². The second-order valence-corrected chi connectivity index (χ2v) is 6.13. The molecule has 1 fully saturated rings. The van der Waals surface area contributed by atoms with Crippen molar-refractivity contribution in [3.05, 3.63) is 11.7 Å². The van der Waals surface area contributed by atoms with Gasteiger partial charge in [0.15, 0.2) is 5.82 Å². The van der Waals surface area contributed by atoms with Crippen LogP contribution < -0.4 is 5.32 Å². The molecule has 0 aromatic carbocycles. The summed E-state index contributed by atoms with van der Waals surface area (Å²) in [5, 5.41) is 7.48. The minimum atomic E-state index is 0.330. The van der Waals surface area contributed by atoms with Gasteiger partial charge in [0.25, 0.3) is 0 Å². The summed E-state index contributed by atoms with van der Waals surface area (Å²) < 4.78 is 5.38. The molecule has 1 aliphatic rings. The van der Waals surface area contributed by atoms with E-state index in [1.165, 1.54) is 12.8 Å². The highest BCUT2D eigenvalue weighted by Crippen LogP contribution is 2.16. The quantitative estimate of drug-likeness (QED) is 0.831. The summed E-state index contributed by atoms with van der Waals surface area (Å²) >= 11 is 0. The van der Waals surface area contributed by atoms with E-state index < -0.39 is 0 Å². The van der Waals surface area contributed by atoms with Gasteiger partial charge >= 0.3 is 0 Å². The van der Waals surface area contributed by atoms with E-state index in [2.05, 4.69) is 41.1 Å². The van der Waals surface area contributed by atoms with Crippen molar-refractivity contribution in [1.29, 1.82) is 0 Å². The molecule has 1 aromatic rings. The lowest BCUT2D eigenvalue weighted by atomic mass is 9.97. The first-order chi connectivity index (χ1) is 9.69. The van der Waals surface area contributed by atoms with Crippen LogP contribution in [0.3, 0.4) is 0 Å². The molecule has 5 nitrogen and oxygen atoms in total. The van der Waals surface area contributed by atoms with E-state index in [0.717, 1.165) is 56.8 Å². The van der Waals surface area contributed by atoms with Crippen LogP contribution in [-0.4, -0.2) is 41.2 Å². The SMILES string of the molecule is CCCN(Cc1nc(C(C)C)no1)CC1CCNCC1. The van der Waals surface area contributed by atoms with Gasteiger partial charge in [0, 0.05) is 12.5 Å². The summed E-state index contributed by atoms with van der Waals surface area (Å²) in [6.45, 7) is 11.8. The average Bonchev–Trinajstić information content (AvgIpc) is 2.89. The molecule has 0 unspecified atom stereocenters. The summed E-state index contributed by atoms with van der Waals surface area (Å²) in [5.41, 5.74) is 0. The number of nitrogens with one attached hydrogen (secondary N) is 1. The Labute approximate surface area is 122 Å². The Bertz CT molecular complexity index is 385. The maximum Gasteiger partial charge on any atom is 0.240 e. The highest BCUT2D eigenvalue weighted by Gasteiger charge is 2.19. The first-order valence-electron chi connectivity index (χ1n) is 7.94. The Morgan fingerprint density at radius 1 is 1.35 bits per heavy atom. The molecular weight excluding hydrogens is 252 g/mol. The fourth-order valence-electron chi connectivity index (χ4n) is 2.74. The van der Waals surface area contributed by atoms with Gasteiger partial charge in [-0.15, -0.1) is 0 Å². The monoisotopic (exact) mass is 280 g/mol.